The van der Waals surface area contributed by atoms with Gasteiger partial charge in [0.15, 0.2) is 0 Å². The quantitative estimate of drug-likeness (QED) is 0.832. The maximum absolute atomic E-state index is 10.3. The summed E-state index contributed by atoms with van der Waals surface area (Å²) >= 11 is 3.43. The molecular formula is C17H20BrNO2. The fourth-order valence-corrected chi connectivity index (χ4v) is 2.39. The van der Waals surface area contributed by atoms with Gasteiger partial charge in [0.25, 0.3) is 0 Å². The third-order valence-electron chi connectivity index (χ3n) is 3.47. The molecule has 2 aromatic carbocycles. The van der Waals surface area contributed by atoms with Crippen LogP contribution in [0, 0.1) is 0 Å². The first-order chi connectivity index (χ1) is 10.1. The molecule has 21 heavy (non-hydrogen) atoms. The zero-order chi connectivity index (χ0) is 15.2. The van der Waals surface area contributed by atoms with Gasteiger partial charge in [0.05, 0.1) is 13.2 Å². The summed E-state index contributed by atoms with van der Waals surface area (Å²) in [6.45, 7) is 2.58. The molecule has 0 radical (unpaired) electrons. The monoisotopic (exact) mass is 349 g/mol. The Morgan fingerprint density at radius 2 is 1.86 bits per heavy atom. The molecule has 0 fully saturated rings. The number of aliphatic hydroxyl groups excluding tert-OH is 1. The van der Waals surface area contributed by atoms with E-state index in [-0.39, 0.29) is 6.04 Å². The van der Waals surface area contributed by atoms with Crippen molar-refractivity contribution in [3.8, 4) is 5.75 Å². The molecular weight excluding hydrogens is 330 g/mol. The Morgan fingerprint density at radius 1 is 1.14 bits per heavy atom. The lowest BCUT2D eigenvalue weighted by molar-refractivity contribution is 0.170. The summed E-state index contributed by atoms with van der Waals surface area (Å²) in [5.74, 6) is 0.757. The Bertz CT molecular complexity index is 571. The highest BCUT2D eigenvalue weighted by molar-refractivity contribution is 9.10. The van der Waals surface area contributed by atoms with Crippen molar-refractivity contribution in [2.24, 2.45) is 0 Å². The minimum Gasteiger partial charge on any atom is -0.497 e. The summed E-state index contributed by atoms with van der Waals surface area (Å²) in [5.41, 5.74) is 2.04. The molecule has 0 aromatic heterocycles. The van der Waals surface area contributed by atoms with Crippen molar-refractivity contribution in [2.45, 2.75) is 19.1 Å². The number of hydrogen-bond acceptors (Lipinski definition) is 3. The van der Waals surface area contributed by atoms with Gasteiger partial charge in [0.2, 0.25) is 0 Å². The van der Waals surface area contributed by atoms with Crippen molar-refractivity contribution in [1.82, 2.24) is 5.32 Å². The number of nitrogens with one attached hydrogen (secondary N) is 1. The second-order valence-electron chi connectivity index (χ2n) is 4.97. The molecule has 0 bridgehead atoms. The Balaban J connectivity index is 1.93. The molecule has 112 valence electrons. The normalized spacial score (nSPS) is 13.7. The van der Waals surface area contributed by atoms with Crippen LogP contribution in [-0.4, -0.2) is 18.8 Å². The van der Waals surface area contributed by atoms with Gasteiger partial charge in [-0.15, -0.1) is 0 Å². The molecule has 0 heterocycles. The van der Waals surface area contributed by atoms with Gasteiger partial charge >= 0.3 is 0 Å². The van der Waals surface area contributed by atoms with Gasteiger partial charge in [-0.2, -0.15) is 0 Å². The first-order valence-corrected chi connectivity index (χ1v) is 7.70. The van der Waals surface area contributed by atoms with Crippen LogP contribution >= 0.6 is 15.9 Å². The predicted molar refractivity (Wildman–Crippen MR) is 88.5 cm³/mol. The van der Waals surface area contributed by atoms with E-state index in [4.69, 9.17) is 4.74 Å². The predicted octanol–water partition coefficient (Wildman–Crippen LogP) is 3.84. The highest BCUT2D eigenvalue weighted by Gasteiger charge is 2.11. The Hall–Kier alpha value is -1.36. The highest BCUT2D eigenvalue weighted by atomic mass is 79.9. The van der Waals surface area contributed by atoms with Gasteiger partial charge in [0, 0.05) is 17.1 Å². The molecule has 0 aliphatic heterocycles. The van der Waals surface area contributed by atoms with E-state index in [0.29, 0.717) is 6.54 Å². The number of aliphatic hydroxyl groups is 1. The lowest BCUT2D eigenvalue weighted by Gasteiger charge is -2.18. The molecule has 1 unspecified atom stereocenters. The summed E-state index contributed by atoms with van der Waals surface area (Å²) in [6, 6.07) is 15.9. The lowest BCUT2D eigenvalue weighted by atomic mass is 10.1. The summed E-state index contributed by atoms with van der Waals surface area (Å²) in [5, 5.41) is 13.6. The van der Waals surface area contributed by atoms with Crippen molar-refractivity contribution >= 4 is 15.9 Å². The molecule has 2 rings (SSSR count). The average Bonchev–Trinajstić information content (AvgIpc) is 2.53. The Kier molecular flexibility index (Phi) is 5.79. The van der Waals surface area contributed by atoms with E-state index in [0.717, 1.165) is 15.8 Å². The van der Waals surface area contributed by atoms with Crippen molar-refractivity contribution < 1.29 is 9.84 Å². The van der Waals surface area contributed by atoms with Crippen LogP contribution in [0.3, 0.4) is 0 Å². The third kappa shape index (κ3) is 4.56. The zero-order valence-corrected chi connectivity index (χ0v) is 13.8. The highest BCUT2D eigenvalue weighted by Crippen LogP contribution is 2.20. The summed E-state index contributed by atoms with van der Waals surface area (Å²) < 4.78 is 6.24. The smallest absolute Gasteiger partial charge is 0.119 e. The van der Waals surface area contributed by atoms with Crippen LogP contribution in [-0.2, 0) is 0 Å². The number of methoxy groups -OCH3 is 1. The number of hydrogen-bond donors (Lipinski definition) is 2. The molecule has 0 spiro atoms. The van der Waals surface area contributed by atoms with Crippen LogP contribution in [0.15, 0.2) is 53.0 Å². The topological polar surface area (TPSA) is 41.5 Å². The maximum atomic E-state index is 10.3. The number of rotatable bonds is 6. The van der Waals surface area contributed by atoms with Gasteiger partial charge in [-0.25, -0.2) is 0 Å². The van der Waals surface area contributed by atoms with E-state index in [1.807, 2.05) is 36.4 Å². The fourth-order valence-electron chi connectivity index (χ4n) is 2.12. The molecule has 2 atom stereocenters. The van der Waals surface area contributed by atoms with Crippen LogP contribution < -0.4 is 10.1 Å². The van der Waals surface area contributed by atoms with E-state index in [9.17, 15) is 5.11 Å². The summed E-state index contributed by atoms with van der Waals surface area (Å²) in [6.07, 6.45) is -0.557. The van der Waals surface area contributed by atoms with Crippen molar-refractivity contribution in [3.63, 3.8) is 0 Å². The van der Waals surface area contributed by atoms with E-state index >= 15 is 0 Å². The molecule has 0 aliphatic carbocycles. The largest absolute Gasteiger partial charge is 0.497 e. The van der Waals surface area contributed by atoms with Crippen LogP contribution in [0.5, 0.6) is 5.75 Å². The first kappa shape index (κ1) is 16.0. The minimum atomic E-state index is -0.557. The zero-order valence-electron chi connectivity index (χ0n) is 12.2. The van der Waals surface area contributed by atoms with Crippen LogP contribution in [0.1, 0.15) is 30.2 Å². The van der Waals surface area contributed by atoms with Crippen LogP contribution in [0.4, 0.5) is 0 Å². The van der Waals surface area contributed by atoms with E-state index in [1.165, 1.54) is 5.56 Å². The van der Waals surface area contributed by atoms with Gasteiger partial charge in [-0.3, -0.25) is 0 Å². The maximum Gasteiger partial charge on any atom is 0.119 e. The second-order valence-corrected chi connectivity index (χ2v) is 5.89. The minimum absolute atomic E-state index is 0.179. The van der Waals surface area contributed by atoms with Crippen LogP contribution in [0.25, 0.3) is 0 Å². The number of halogens is 1. The van der Waals surface area contributed by atoms with E-state index in [1.54, 1.807) is 7.11 Å². The third-order valence-corrected chi connectivity index (χ3v) is 3.99. The molecule has 3 nitrogen and oxygen atoms in total. The van der Waals surface area contributed by atoms with Crippen LogP contribution in [0.2, 0.25) is 0 Å². The Morgan fingerprint density at radius 3 is 2.52 bits per heavy atom. The molecule has 0 amide bonds. The SMILES string of the molecule is COc1cccc(C(O)CN[C@H](C)c2ccc(Br)cc2)c1. The molecule has 2 N–H and O–H groups in total. The standard InChI is InChI=1S/C17H20BrNO2/c1-12(13-6-8-15(18)9-7-13)19-11-17(20)14-4-3-5-16(10-14)21-2/h3-10,12,17,19-20H,11H2,1-2H3/t12-,17?/m1/s1. The Labute approximate surface area is 134 Å². The lowest BCUT2D eigenvalue weighted by Crippen LogP contribution is -2.24. The summed E-state index contributed by atoms with van der Waals surface area (Å²) in [4.78, 5) is 0. The number of benzene rings is 2. The van der Waals surface area contributed by atoms with Crippen molar-refractivity contribution in [1.29, 1.82) is 0 Å². The van der Waals surface area contributed by atoms with Crippen molar-refractivity contribution in [3.05, 3.63) is 64.1 Å². The average molecular weight is 350 g/mol. The van der Waals surface area contributed by atoms with Gasteiger partial charge in [-0.1, -0.05) is 40.2 Å². The van der Waals surface area contributed by atoms with Gasteiger partial charge in [-0.05, 0) is 42.3 Å². The molecule has 4 heteroatoms. The van der Waals surface area contributed by atoms with Gasteiger partial charge < -0.3 is 15.2 Å². The molecule has 0 saturated heterocycles. The molecule has 2 aromatic rings. The molecule has 0 saturated carbocycles. The second kappa shape index (κ2) is 7.59. The summed E-state index contributed by atoms with van der Waals surface area (Å²) in [7, 11) is 1.62. The van der Waals surface area contributed by atoms with Gasteiger partial charge in [0.1, 0.15) is 5.75 Å². The fraction of sp³-hybridized carbons (Fsp3) is 0.294. The first-order valence-electron chi connectivity index (χ1n) is 6.91. The van der Waals surface area contributed by atoms with Crippen molar-refractivity contribution in [2.75, 3.05) is 13.7 Å². The molecule has 0 aliphatic rings. The van der Waals surface area contributed by atoms with E-state index in [2.05, 4.69) is 40.3 Å². The van der Waals surface area contributed by atoms with E-state index < -0.39 is 6.10 Å². The number of ether oxygens (including phenoxy) is 1.